The number of hydrogen-bond acceptors (Lipinski definition) is 2. The molecule has 0 aromatic rings. The Balaban J connectivity index is 1.96. The van der Waals surface area contributed by atoms with E-state index in [1.165, 1.54) is 11.1 Å². The minimum absolute atomic E-state index is 1.35. The second kappa shape index (κ2) is 6.59. The fourth-order valence-corrected chi connectivity index (χ4v) is 16.2. The SMILES string of the molecule is C[Si](C)(O[Si](C)(C)[C]1[CH][CH][CH][CH]1)O[Si](C)(C)[C]1[CH][CH][CH][CH]1. The summed E-state index contributed by atoms with van der Waals surface area (Å²) in [6.07, 6.45) is 17.1. The van der Waals surface area contributed by atoms with Gasteiger partial charge in [-0.15, -0.1) is 0 Å². The van der Waals surface area contributed by atoms with E-state index < -0.39 is 25.2 Å². The highest BCUT2D eigenvalue weighted by Gasteiger charge is 2.46. The van der Waals surface area contributed by atoms with Crippen molar-refractivity contribution in [1.29, 1.82) is 0 Å². The predicted molar refractivity (Wildman–Crippen MR) is 95.5 cm³/mol. The van der Waals surface area contributed by atoms with Crippen LogP contribution in [0, 0.1) is 62.4 Å². The van der Waals surface area contributed by atoms with Gasteiger partial charge in [0.2, 0.25) is 0 Å². The lowest BCUT2D eigenvalue weighted by Crippen LogP contribution is -2.56. The summed E-state index contributed by atoms with van der Waals surface area (Å²) < 4.78 is 13.2. The van der Waals surface area contributed by atoms with Gasteiger partial charge in [0.05, 0.1) is 0 Å². The van der Waals surface area contributed by atoms with E-state index in [9.17, 15) is 0 Å². The largest absolute Gasteiger partial charge is 0.436 e. The Morgan fingerprint density at radius 2 is 0.857 bits per heavy atom. The summed E-state index contributed by atoms with van der Waals surface area (Å²) in [5, 5.41) is 0. The van der Waals surface area contributed by atoms with Gasteiger partial charge in [-0.25, -0.2) is 0 Å². The van der Waals surface area contributed by atoms with Gasteiger partial charge in [0.1, 0.15) is 0 Å². The van der Waals surface area contributed by atoms with Crippen LogP contribution in [0.1, 0.15) is 0 Å². The molecule has 0 aliphatic heterocycles. The molecule has 0 bridgehead atoms. The zero-order valence-corrected chi connectivity index (χ0v) is 16.9. The number of rotatable bonds is 6. The summed E-state index contributed by atoms with van der Waals surface area (Å²) in [5.41, 5.74) is 2.69. The summed E-state index contributed by atoms with van der Waals surface area (Å²) in [6.45, 7) is 13.4. The summed E-state index contributed by atoms with van der Waals surface area (Å²) in [4.78, 5) is 0. The van der Waals surface area contributed by atoms with Crippen LogP contribution in [0.2, 0.25) is 39.3 Å². The van der Waals surface area contributed by atoms with Crippen LogP contribution in [0.4, 0.5) is 0 Å². The normalized spacial score (nSPS) is 23.1. The molecule has 0 aromatic heterocycles. The first kappa shape index (κ1) is 17.9. The maximum absolute atomic E-state index is 6.59. The van der Waals surface area contributed by atoms with Crippen molar-refractivity contribution in [2.24, 2.45) is 0 Å². The van der Waals surface area contributed by atoms with Gasteiger partial charge in [0, 0.05) is 11.1 Å². The van der Waals surface area contributed by atoms with E-state index in [4.69, 9.17) is 8.23 Å². The fraction of sp³-hybridized carbons (Fsp3) is 0.375. The highest BCUT2D eigenvalue weighted by Crippen LogP contribution is 2.38. The molecule has 10 radical (unpaired) electrons. The van der Waals surface area contributed by atoms with Crippen LogP contribution in [0.3, 0.4) is 0 Å². The molecule has 2 aliphatic rings. The van der Waals surface area contributed by atoms with Gasteiger partial charge in [-0.3, -0.25) is 0 Å². The minimum Gasteiger partial charge on any atom is -0.436 e. The molecule has 0 amide bonds. The second-order valence-corrected chi connectivity index (χ2v) is 18.6. The zero-order chi connectivity index (χ0) is 15.7. The van der Waals surface area contributed by atoms with Crippen molar-refractivity contribution < 1.29 is 8.23 Å². The van der Waals surface area contributed by atoms with Crippen molar-refractivity contribution in [3.05, 3.63) is 62.4 Å². The molecule has 2 nitrogen and oxygen atoms in total. The van der Waals surface area contributed by atoms with Crippen molar-refractivity contribution in [2.75, 3.05) is 0 Å². The first-order valence-electron chi connectivity index (χ1n) is 7.47. The van der Waals surface area contributed by atoms with Crippen LogP contribution < -0.4 is 0 Å². The molecule has 0 aromatic carbocycles. The van der Waals surface area contributed by atoms with Crippen molar-refractivity contribution >= 4 is 25.2 Å². The van der Waals surface area contributed by atoms with Gasteiger partial charge in [0.25, 0.3) is 0 Å². The van der Waals surface area contributed by atoms with E-state index in [0.717, 1.165) is 0 Å². The molecule has 0 spiro atoms. The molecule has 21 heavy (non-hydrogen) atoms. The van der Waals surface area contributed by atoms with Crippen LogP contribution in [0.15, 0.2) is 0 Å². The molecule has 0 heterocycles. The van der Waals surface area contributed by atoms with Crippen LogP contribution in [-0.2, 0) is 8.23 Å². The van der Waals surface area contributed by atoms with E-state index >= 15 is 0 Å². The zero-order valence-electron chi connectivity index (χ0n) is 13.9. The fourth-order valence-electron chi connectivity index (χ4n) is 2.92. The molecule has 5 heteroatoms. The van der Waals surface area contributed by atoms with E-state index in [-0.39, 0.29) is 0 Å². The summed E-state index contributed by atoms with van der Waals surface area (Å²) >= 11 is 0. The van der Waals surface area contributed by atoms with Crippen molar-refractivity contribution in [2.45, 2.75) is 39.3 Å². The highest BCUT2D eigenvalue weighted by molar-refractivity contribution is 6.91. The maximum Gasteiger partial charge on any atom is 0.311 e. The van der Waals surface area contributed by atoms with Gasteiger partial charge in [-0.2, -0.15) is 0 Å². The Kier molecular flexibility index (Phi) is 5.62. The van der Waals surface area contributed by atoms with Gasteiger partial charge in [0.15, 0.2) is 16.6 Å². The average molecular weight is 335 g/mol. The number of hydrogen-bond donors (Lipinski definition) is 0. The quantitative estimate of drug-likeness (QED) is 0.683. The third kappa shape index (κ3) is 4.77. The Morgan fingerprint density at radius 1 is 0.571 bits per heavy atom. The van der Waals surface area contributed by atoms with Gasteiger partial charge >= 0.3 is 8.56 Å². The molecule has 2 aliphatic carbocycles. The lowest BCUT2D eigenvalue weighted by Gasteiger charge is -2.42. The van der Waals surface area contributed by atoms with Crippen molar-refractivity contribution in [3.63, 3.8) is 0 Å². The molecular formula is C16H26O2Si3. The first-order valence-corrected chi connectivity index (χ1v) is 16.1. The topological polar surface area (TPSA) is 18.5 Å². The molecular weight excluding hydrogens is 308 g/mol. The van der Waals surface area contributed by atoms with Gasteiger partial charge in [-0.05, 0) is 90.6 Å². The summed E-state index contributed by atoms with van der Waals surface area (Å²) in [7, 11) is -5.94. The Morgan fingerprint density at radius 3 is 1.14 bits per heavy atom. The highest BCUT2D eigenvalue weighted by atomic mass is 28.5. The summed E-state index contributed by atoms with van der Waals surface area (Å²) in [6, 6.07) is 0. The monoisotopic (exact) mass is 334 g/mol. The molecule has 2 rings (SSSR count). The van der Waals surface area contributed by atoms with Crippen molar-refractivity contribution in [1.82, 2.24) is 0 Å². The average Bonchev–Trinajstić information content (AvgIpc) is 3.00. The molecule has 2 saturated carbocycles. The lowest BCUT2D eigenvalue weighted by atomic mass is 10.4. The Hall–Kier alpha value is 0.571. The Bertz CT molecular complexity index is 311. The Labute approximate surface area is 135 Å². The third-order valence-electron chi connectivity index (χ3n) is 3.72. The standard InChI is InChI=1S/C16H26O2Si3/c1-19(2,15-11-7-8-12-15)17-21(5,6)18-20(3,4)16-13-9-10-14-16/h7-14H,1-6H3. The predicted octanol–water partition coefficient (Wildman–Crippen LogP) is 4.02. The van der Waals surface area contributed by atoms with Crippen LogP contribution in [0.25, 0.3) is 0 Å². The molecule has 0 atom stereocenters. The van der Waals surface area contributed by atoms with Gasteiger partial charge in [-0.1, -0.05) is 0 Å². The smallest absolute Gasteiger partial charge is 0.311 e. The van der Waals surface area contributed by atoms with Crippen molar-refractivity contribution in [3.8, 4) is 0 Å². The molecule has 0 unspecified atom stereocenters. The van der Waals surface area contributed by atoms with E-state index in [1.54, 1.807) is 0 Å². The molecule has 0 saturated heterocycles. The van der Waals surface area contributed by atoms with E-state index in [2.05, 4.69) is 90.6 Å². The minimum atomic E-state index is -2.16. The first-order chi connectivity index (χ1) is 9.62. The van der Waals surface area contributed by atoms with Gasteiger partial charge < -0.3 is 8.23 Å². The third-order valence-corrected chi connectivity index (χ3v) is 15.2. The molecule has 114 valence electrons. The van der Waals surface area contributed by atoms with Crippen LogP contribution >= 0.6 is 0 Å². The second-order valence-electron chi connectivity index (χ2n) is 6.97. The lowest BCUT2D eigenvalue weighted by molar-refractivity contribution is 0.393. The molecule has 2 fully saturated rings. The van der Waals surface area contributed by atoms with Crippen LogP contribution in [0.5, 0.6) is 0 Å². The van der Waals surface area contributed by atoms with E-state index in [1.807, 2.05) is 0 Å². The van der Waals surface area contributed by atoms with Crippen LogP contribution in [-0.4, -0.2) is 25.2 Å². The molecule has 0 N–H and O–H groups in total. The summed E-state index contributed by atoms with van der Waals surface area (Å²) in [5.74, 6) is 0. The van der Waals surface area contributed by atoms with E-state index in [0.29, 0.717) is 0 Å². The maximum atomic E-state index is 6.59.